The number of fused-ring (bicyclic) bond motifs is 6. The van der Waals surface area contributed by atoms with Gasteiger partial charge < -0.3 is 0 Å². The molecule has 0 aliphatic rings. The molecule has 8 aromatic carbocycles. The van der Waals surface area contributed by atoms with Gasteiger partial charge in [0.15, 0.2) is 0 Å². The lowest BCUT2D eigenvalue weighted by Crippen LogP contribution is -2.50. The fourth-order valence-corrected chi connectivity index (χ4v) is 8.77. The van der Waals surface area contributed by atoms with E-state index in [2.05, 4.69) is 54.6 Å². The van der Waals surface area contributed by atoms with Gasteiger partial charge in [-0.2, -0.15) is 0 Å². The third kappa shape index (κ3) is 4.70. The maximum Gasteiger partial charge on any atom is 0.113 e. The van der Waals surface area contributed by atoms with E-state index in [4.69, 9.17) is 62.8 Å². The van der Waals surface area contributed by atoms with Crippen LogP contribution in [-0.2, 0) is 0 Å². The minimum Gasteiger partial charge on any atom is -0.135 e. The fourth-order valence-electron chi connectivity index (χ4n) is 7.68. The lowest BCUT2D eigenvalue weighted by Gasteiger charge is -2.29. The van der Waals surface area contributed by atoms with Crippen LogP contribution in [0.25, 0.3) is 85.9 Å². The van der Waals surface area contributed by atoms with Gasteiger partial charge in [0, 0.05) is 20.2 Å². The third-order valence-electron chi connectivity index (χ3n) is 10.3. The minimum absolute atomic E-state index is 0.187. The molecule has 51 heavy (non-hydrogen) atoms. The van der Waals surface area contributed by atoms with Crippen molar-refractivity contribution in [3.63, 3.8) is 0 Å². The molecule has 0 fully saturated rings. The second kappa shape index (κ2) is 11.9. The highest BCUT2D eigenvalue weighted by atomic mass is 32.1. The predicted octanol–water partition coefficient (Wildman–Crippen LogP) is 2.87. The fraction of sp³-hybridized carbons (Fsp3) is 0. The van der Waals surface area contributed by atoms with Gasteiger partial charge in [-0.15, -0.1) is 33.2 Å². The van der Waals surface area contributed by atoms with Crippen molar-refractivity contribution < 1.29 is 0 Å². The summed E-state index contributed by atoms with van der Waals surface area (Å²) in [5, 5.41) is 6.87. The Morgan fingerprint density at radius 3 is 1.43 bits per heavy atom. The average Bonchev–Trinajstić information content (AvgIpc) is 3.54. The van der Waals surface area contributed by atoms with Gasteiger partial charge in [0.25, 0.3) is 0 Å². The summed E-state index contributed by atoms with van der Waals surface area (Å²) in [7, 11) is 54.2. The van der Waals surface area contributed by atoms with Crippen LogP contribution in [0, 0.1) is 0 Å². The molecule has 9 heteroatoms. The van der Waals surface area contributed by atoms with Gasteiger partial charge >= 0.3 is 0 Å². The number of thiophene rings is 1. The van der Waals surface area contributed by atoms with Crippen LogP contribution in [0.15, 0.2) is 109 Å². The first-order chi connectivity index (χ1) is 24.7. The zero-order valence-electron chi connectivity index (χ0n) is 27.4. The first-order valence-corrected chi connectivity index (χ1v) is 17.2. The SMILES string of the molecule is [B]c1c([B])c([B])c2c(-c3cccc4ccccc34)c3c([B])c([B])c([B])c([B])c3c(-c3ccc(-c4ccc5sc6ccccc6c5c4)cc3)c2c1[B]. The lowest BCUT2D eigenvalue weighted by atomic mass is 9.59. The summed E-state index contributed by atoms with van der Waals surface area (Å²) in [6, 6.07) is 37.4. The summed E-state index contributed by atoms with van der Waals surface area (Å²) < 4.78 is 2.51. The van der Waals surface area contributed by atoms with Crippen molar-refractivity contribution >= 4 is 170 Å². The van der Waals surface area contributed by atoms with E-state index >= 15 is 0 Å². The van der Waals surface area contributed by atoms with Crippen LogP contribution < -0.4 is 43.7 Å². The van der Waals surface area contributed by atoms with E-state index in [1.165, 1.54) is 20.2 Å². The second-order valence-corrected chi connectivity index (χ2v) is 14.1. The van der Waals surface area contributed by atoms with Crippen LogP contribution in [0.5, 0.6) is 0 Å². The normalized spacial score (nSPS) is 11.8. The largest absolute Gasteiger partial charge is 0.135 e. The summed E-state index contributed by atoms with van der Waals surface area (Å²) in [5.74, 6) is 0. The van der Waals surface area contributed by atoms with Crippen LogP contribution in [0.2, 0.25) is 0 Å². The molecule has 0 unspecified atom stereocenters. The maximum absolute atomic E-state index is 6.95. The molecule has 0 atom stereocenters. The summed E-state index contributed by atoms with van der Waals surface area (Å²) in [4.78, 5) is 0. The monoisotopic (exact) mass is 642 g/mol. The van der Waals surface area contributed by atoms with Crippen LogP contribution >= 0.6 is 11.3 Å². The molecule has 0 aliphatic heterocycles. The Hall–Kier alpha value is -4.72. The molecule has 9 aromatic rings. The molecule has 9 rings (SSSR count). The molecule has 0 aliphatic carbocycles. The number of benzene rings is 8. The molecule has 1 heterocycles. The summed E-state index contributed by atoms with van der Waals surface area (Å²) in [6.07, 6.45) is 0. The quantitative estimate of drug-likeness (QED) is 0.206. The number of rotatable bonds is 3. The molecular formula is C42H18B8S. The van der Waals surface area contributed by atoms with E-state index in [9.17, 15) is 0 Å². The van der Waals surface area contributed by atoms with Gasteiger partial charge in [-0.25, -0.2) is 0 Å². The van der Waals surface area contributed by atoms with Gasteiger partial charge in [-0.05, 0) is 83.9 Å². The molecule has 16 radical (unpaired) electrons. The Balaban J connectivity index is 1.40. The molecule has 0 nitrogen and oxygen atoms in total. The van der Waals surface area contributed by atoms with Gasteiger partial charge in [0.05, 0.1) is 0 Å². The van der Waals surface area contributed by atoms with Crippen LogP contribution in [0.4, 0.5) is 0 Å². The van der Waals surface area contributed by atoms with Crippen LogP contribution in [0.1, 0.15) is 0 Å². The molecule has 0 saturated carbocycles. The summed E-state index contributed by atoms with van der Waals surface area (Å²) >= 11 is 1.79. The molecule has 0 saturated heterocycles. The van der Waals surface area contributed by atoms with E-state index in [0.717, 1.165) is 33.0 Å². The van der Waals surface area contributed by atoms with Crippen molar-refractivity contribution in [1.29, 1.82) is 0 Å². The van der Waals surface area contributed by atoms with Gasteiger partial charge in [0.1, 0.15) is 62.8 Å². The van der Waals surface area contributed by atoms with E-state index in [0.29, 0.717) is 32.7 Å². The smallest absolute Gasteiger partial charge is 0.113 e. The van der Waals surface area contributed by atoms with E-state index in [-0.39, 0.29) is 43.7 Å². The van der Waals surface area contributed by atoms with Crippen molar-refractivity contribution in [2.24, 2.45) is 0 Å². The Morgan fingerprint density at radius 1 is 0.333 bits per heavy atom. The topological polar surface area (TPSA) is 0 Å². The Labute approximate surface area is 311 Å². The number of hydrogen-bond donors (Lipinski definition) is 0. The zero-order chi connectivity index (χ0) is 35.3. The summed E-state index contributed by atoms with van der Waals surface area (Å²) in [5.41, 5.74) is 7.06. The Kier molecular flexibility index (Phi) is 7.53. The number of hydrogen-bond acceptors (Lipinski definition) is 1. The molecule has 0 bridgehead atoms. The molecule has 0 spiro atoms. The first kappa shape index (κ1) is 32.2. The Bertz CT molecular complexity index is 2860. The molecule has 0 N–H and O–H groups in total. The highest BCUT2D eigenvalue weighted by Gasteiger charge is 2.25. The zero-order valence-corrected chi connectivity index (χ0v) is 28.2. The molecular weight excluding hydrogens is 623 g/mol. The highest BCUT2D eigenvalue weighted by molar-refractivity contribution is 7.25. The van der Waals surface area contributed by atoms with Crippen LogP contribution in [0.3, 0.4) is 0 Å². The van der Waals surface area contributed by atoms with Gasteiger partial charge in [-0.1, -0.05) is 113 Å². The summed E-state index contributed by atoms with van der Waals surface area (Å²) in [6.45, 7) is 0. The van der Waals surface area contributed by atoms with Crippen molar-refractivity contribution in [2.75, 3.05) is 0 Å². The highest BCUT2D eigenvalue weighted by Crippen LogP contribution is 2.43. The van der Waals surface area contributed by atoms with Crippen molar-refractivity contribution in [1.82, 2.24) is 0 Å². The predicted molar refractivity (Wildman–Crippen MR) is 231 cm³/mol. The van der Waals surface area contributed by atoms with Gasteiger partial charge in [0.2, 0.25) is 0 Å². The lowest BCUT2D eigenvalue weighted by molar-refractivity contribution is 1.65. The first-order valence-electron chi connectivity index (χ1n) is 16.4. The minimum atomic E-state index is 0.187. The van der Waals surface area contributed by atoms with Gasteiger partial charge in [-0.3, -0.25) is 0 Å². The molecule has 0 amide bonds. The average molecular weight is 641 g/mol. The Morgan fingerprint density at radius 2 is 0.804 bits per heavy atom. The van der Waals surface area contributed by atoms with E-state index in [1.807, 2.05) is 54.6 Å². The maximum atomic E-state index is 6.95. The second-order valence-electron chi connectivity index (χ2n) is 13.0. The van der Waals surface area contributed by atoms with Crippen molar-refractivity contribution in [3.8, 4) is 33.4 Å². The third-order valence-corrected chi connectivity index (χ3v) is 11.4. The van der Waals surface area contributed by atoms with Crippen LogP contribution in [-0.4, -0.2) is 62.8 Å². The van der Waals surface area contributed by atoms with Crippen molar-refractivity contribution in [2.45, 2.75) is 0 Å². The molecule has 216 valence electrons. The standard InChI is InChI=1S/C42H18B8S/c43-35-31-29(21-14-12-19(13-15-21)22-16-17-28-26(18-22)24-9-3-4-11-27(24)51-28)32-34(38(46)42(50)40(48)36(32)44)30(33(31)37(45)41(49)39(35)47)25-10-5-7-20-6-1-2-8-23(20)25/h1-18H. The van der Waals surface area contributed by atoms with E-state index < -0.39 is 0 Å². The molecule has 1 aromatic heterocycles. The van der Waals surface area contributed by atoms with E-state index in [1.54, 1.807) is 11.3 Å². The van der Waals surface area contributed by atoms with Crippen molar-refractivity contribution in [3.05, 3.63) is 109 Å².